The van der Waals surface area contributed by atoms with Gasteiger partial charge in [-0.25, -0.2) is 19.4 Å². The highest BCUT2D eigenvalue weighted by molar-refractivity contribution is 5.83. The molecule has 1 aliphatic heterocycles. The topological polar surface area (TPSA) is 113 Å². The summed E-state index contributed by atoms with van der Waals surface area (Å²) in [6.45, 7) is 3.40. The molecule has 164 valence electrons. The van der Waals surface area contributed by atoms with Gasteiger partial charge in [0.15, 0.2) is 0 Å². The van der Waals surface area contributed by atoms with Gasteiger partial charge in [-0.15, -0.1) is 5.10 Å². The Bertz CT molecular complexity index is 1220. The van der Waals surface area contributed by atoms with Gasteiger partial charge in [-0.1, -0.05) is 0 Å². The van der Waals surface area contributed by atoms with E-state index in [9.17, 15) is 4.79 Å². The Labute approximate surface area is 183 Å². The minimum atomic E-state index is -0.266. The molecule has 0 bridgehead atoms. The number of tetrazole rings is 1. The van der Waals surface area contributed by atoms with Crippen molar-refractivity contribution in [1.29, 1.82) is 0 Å². The zero-order valence-corrected chi connectivity index (χ0v) is 17.5. The maximum absolute atomic E-state index is 11.9. The van der Waals surface area contributed by atoms with Crippen LogP contribution in [0.5, 0.6) is 5.88 Å². The molecule has 1 amide bonds. The summed E-state index contributed by atoms with van der Waals surface area (Å²) in [4.78, 5) is 22.3. The van der Waals surface area contributed by atoms with Gasteiger partial charge in [0.05, 0.1) is 17.8 Å². The highest BCUT2D eigenvalue weighted by Crippen LogP contribution is 2.24. The van der Waals surface area contributed by atoms with E-state index in [1.807, 2.05) is 48.0 Å². The molecule has 0 saturated carbocycles. The number of amides is 1. The number of ether oxygens (including phenoxy) is 2. The summed E-state index contributed by atoms with van der Waals surface area (Å²) in [7, 11) is 0. The zero-order chi connectivity index (χ0) is 21.9. The van der Waals surface area contributed by atoms with Gasteiger partial charge in [0, 0.05) is 43.6 Å². The Hall–Kier alpha value is -4.02. The van der Waals surface area contributed by atoms with E-state index < -0.39 is 0 Å². The van der Waals surface area contributed by atoms with Crippen molar-refractivity contribution < 1.29 is 14.3 Å². The van der Waals surface area contributed by atoms with Crippen molar-refractivity contribution in [3.8, 4) is 17.4 Å². The van der Waals surface area contributed by atoms with Crippen LogP contribution in [0.15, 0.2) is 49.2 Å². The summed E-state index contributed by atoms with van der Waals surface area (Å²) >= 11 is 0. The summed E-state index contributed by atoms with van der Waals surface area (Å²) in [5.41, 5.74) is 1.87. The van der Waals surface area contributed by atoms with Gasteiger partial charge in [-0.3, -0.25) is 0 Å². The van der Waals surface area contributed by atoms with E-state index in [1.54, 1.807) is 15.9 Å². The Morgan fingerprint density at radius 2 is 2.03 bits per heavy atom. The minimum absolute atomic E-state index is 0.0105. The molecule has 1 aliphatic rings. The molecule has 1 fully saturated rings. The molecular formula is C21H22N8O3. The number of piperidine rings is 1. The molecule has 32 heavy (non-hydrogen) atoms. The largest absolute Gasteiger partial charge is 0.474 e. The number of hydrogen-bond donors (Lipinski definition) is 0. The number of hydrogen-bond acceptors (Lipinski definition) is 8. The van der Waals surface area contributed by atoms with E-state index in [1.165, 1.54) is 6.33 Å². The third-order valence-electron chi connectivity index (χ3n) is 5.42. The number of carbonyl (C=O) groups excluding carboxylic acids is 1. The average Bonchev–Trinajstić information content (AvgIpc) is 3.50. The van der Waals surface area contributed by atoms with E-state index in [2.05, 4.69) is 25.5 Å². The van der Waals surface area contributed by atoms with Gasteiger partial charge in [-0.05, 0) is 41.6 Å². The van der Waals surface area contributed by atoms with Gasteiger partial charge < -0.3 is 18.9 Å². The predicted octanol–water partition coefficient (Wildman–Crippen LogP) is 2.40. The van der Waals surface area contributed by atoms with Crippen molar-refractivity contribution in [2.45, 2.75) is 25.9 Å². The van der Waals surface area contributed by atoms with Crippen LogP contribution in [0.2, 0.25) is 0 Å². The van der Waals surface area contributed by atoms with Crippen LogP contribution in [0, 0.1) is 0 Å². The summed E-state index contributed by atoms with van der Waals surface area (Å²) in [6.07, 6.45) is 6.19. The van der Waals surface area contributed by atoms with Crippen LogP contribution in [0.3, 0.4) is 0 Å². The molecule has 0 N–H and O–H groups in total. The molecule has 11 nitrogen and oxygen atoms in total. The second-order valence-electron chi connectivity index (χ2n) is 7.40. The molecule has 0 atom stereocenters. The second-order valence-corrected chi connectivity index (χ2v) is 7.40. The number of rotatable bonds is 5. The summed E-state index contributed by atoms with van der Waals surface area (Å²) in [6, 6.07) is 9.80. The fraction of sp³-hybridized carbons (Fsp3) is 0.333. The smallest absolute Gasteiger partial charge is 0.409 e. The number of fused-ring (bicyclic) bond motifs is 1. The quantitative estimate of drug-likeness (QED) is 0.471. The van der Waals surface area contributed by atoms with Gasteiger partial charge in [-0.2, -0.15) is 0 Å². The van der Waals surface area contributed by atoms with E-state index in [0.717, 1.165) is 29.4 Å². The van der Waals surface area contributed by atoms with Gasteiger partial charge in [0.1, 0.15) is 24.6 Å². The van der Waals surface area contributed by atoms with Crippen molar-refractivity contribution >= 4 is 17.0 Å². The van der Waals surface area contributed by atoms with Gasteiger partial charge in [0.25, 0.3) is 0 Å². The Balaban J connectivity index is 1.30. The summed E-state index contributed by atoms with van der Waals surface area (Å²) in [5.74, 6) is 1.22. The SMILES string of the molecule is CCOC(=O)N1CCC(Oc2cc(-n3ccc4cc(-n5cnnn5)ccc43)ncn2)CC1. The first kappa shape index (κ1) is 19.9. The number of nitrogens with zero attached hydrogens (tertiary/aromatic N) is 8. The molecule has 0 spiro atoms. The second kappa shape index (κ2) is 8.61. The van der Waals surface area contributed by atoms with Crippen LogP contribution < -0.4 is 4.74 Å². The molecule has 11 heteroatoms. The molecule has 4 heterocycles. The number of likely N-dealkylation sites (tertiary alicyclic amines) is 1. The van der Waals surface area contributed by atoms with Crippen molar-refractivity contribution in [3.63, 3.8) is 0 Å². The average molecular weight is 434 g/mol. The maximum atomic E-state index is 11.9. The first-order valence-corrected chi connectivity index (χ1v) is 10.5. The van der Waals surface area contributed by atoms with Crippen LogP contribution in [0.1, 0.15) is 19.8 Å². The molecule has 0 aliphatic carbocycles. The highest BCUT2D eigenvalue weighted by atomic mass is 16.6. The Morgan fingerprint density at radius 1 is 1.16 bits per heavy atom. The minimum Gasteiger partial charge on any atom is -0.474 e. The predicted molar refractivity (Wildman–Crippen MR) is 114 cm³/mol. The van der Waals surface area contributed by atoms with Crippen molar-refractivity contribution in [2.75, 3.05) is 19.7 Å². The monoisotopic (exact) mass is 434 g/mol. The number of aromatic nitrogens is 7. The molecule has 1 aromatic carbocycles. The number of carbonyl (C=O) groups is 1. The third kappa shape index (κ3) is 3.96. The Morgan fingerprint density at radius 3 is 2.81 bits per heavy atom. The normalized spacial score (nSPS) is 14.6. The van der Waals surface area contributed by atoms with Crippen LogP contribution in [-0.2, 0) is 4.74 Å². The number of benzene rings is 1. The van der Waals surface area contributed by atoms with Crippen molar-refractivity contribution in [3.05, 3.63) is 49.2 Å². The molecule has 0 radical (unpaired) electrons. The maximum Gasteiger partial charge on any atom is 0.409 e. The third-order valence-corrected chi connectivity index (χ3v) is 5.42. The lowest BCUT2D eigenvalue weighted by molar-refractivity contribution is 0.0688. The fourth-order valence-corrected chi connectivity index (χ4v) is 3.82. The first-order valence-electron chi connectivity index (χ1n) is 10.5. The van der Waals surface area contributed by atoms with Crippen LogP contribution in [0.4, 0.5) is 4.79 Å². The molecular weight excluding hydrogens is 412 g/mol. The zero-order valence-electron chi connectivity index (χ0n) is 17.5. The van der Waals surface area contributed by atoms with E-state index in [0.29, 0.717) is 31.4 Å². The molecule has 4 aromatic rings. The summed E-state index contributed by atoms with van der Waals surface area (Å²) < 4.78 is 14.8. The molecule has 0 unspecified atom stereocenters. The molecule has 3 aromatic heterocycles. The van der Waals surface area contributed by atoms with Crippen LogP contribution in [0.25, 0.3) is 22.4 Å². The van der Waals surface area contributed by atoms with Crippen molar-refractivity contribution in [2.24, 2.45) is 0 Å². The first-order chi connectivity index (χ1) is 15.7. The van der Waals surface area contributed by atoms with Gasteiger partial charge >= 0.3 is 6.09 Å². The van der Waals surface area contributed by atoms with Crippen LogP contribution >= 0.6 is 0 Å². The lowest BCUT2D eigenvalue weighted by Crippen LogP contribution is -2.42. The Kier molecular flexibility index (Phi) is 5.36. The highest BCUT2D eigenvalue weighted by Gasteiger charge is 2.25. The summed E-state index contributed by atoms with van der Waals surface area (Å²) in [5, 5.41) is 12.3. The van der Waals surface area contributed by atoms with Crippen LogP contribution in [-0.4, -0.2) is 71.5 Å². The van der Waals surface area contributed by atoms with E-state index in [-0.39, 0.29) is 12.2 Å². The van der Waals surface area contributed by atoms with Crippen molar-refractivity contribution in [1.82, 2.24) is 39.6 Å². The lowest BCUT2D eigenvalue weighted by atomic mass is 10.1. The van der Waals surface area contributed by atoms with Gasteiger partial charge in [0.2, 0.25) is 5.88 Å². The fourth-order valence-electron chi connectivity index (χ4n) is 3.82. The standard InChI is InChI=1S/C21H22N8O3/c1-2-31-21(30)27-8-6-17(7-9-27)32-20-12-19(22-13-23-20)28-10-5-15-11-16(3-4-18(15)28)29-14-24-25-26-29/h3-5,10-14,17H,2,6-9H2,1H3. The van der Waals surface area contributed by atoms with E-state index in [4.69, 9.17) is 9.47 Å². The molecule has 5 rings (SSSR count). The van der Waals surface area contributed by atoms with E-state index >= 15 is 0 Å². The molecule has 1 saturated heterocycles. The lowest BCUT2D eigenvalue weighted by Gasteiger charge is -2.31.